The minimum atomic E-state index is -3.11. The normalized spacial score (nSPS) is 11.6. The van der Waals surface area contributed by atoms with E-state index < -0.39 is 12.3 Å². The maximum absolute atomic E-state index is 13.4. The van der Waals surface area contributed by atoms with E-state index in [0.29, 0.717) is 5.52 Å². The predicted octanol–water partition coefficient (Wildman–Crippen LogP) is 2.58. The second kappa shape index (κ2) is 3.56. The molecule has 0 aliphatic rings. The van der Waals surface area contributed by atoms with Crippen LogP contribution in [0.15, 0.2) is 24.5 Å². The van der Waals surface area contributed by atoms with Crippen molar-refractivity contribution in [2.75, 3.05) is 0 Å². The van der Waals surface area contributed by atoms with Crippen molar-refractivity contribution in [3.63, 3.8) is 0 Å². The second-order valence-electron chi connectivity index (χ2n) is 3.60. The number of hydrogen-bond donors (Lipinski definition) is 0. The Morgan fingerprint density at radius 2 is 2.25 bits per heavy atom. The highest BCUT2D eigenvalue weighted by Gasteiger charge is 2.31. The molecule has 0 amide bonds. The van der Waals surface area contributed by atoms with Gasteiger partial charge in [0.15, 0.2) is 0 Å². The van der Waals surface area contributed by atoms with Crippen LogP contribution in [-0.4, -0.2) is 9.55 Å². The van der Waals surface area contributed by atoms with Gasteiger partial charge in [-0.3, -0.25) is 0 Å². The Kier molecular flexibility index (Phi) is 2.35. The lowest BCUT2D eigenvalue weighted by Gasteiger charge is -2.12. The maximum atomic E-state index is 13.4. The maximum Gasteiger partial charge on any atom is 0.286 e. The molecule has 2 aromatic rings. The first kappa shape index (κ1) is 10.6. The molecule has 0 bridgehead atoms. The van der Waals surface area contributed by atoms with Crippen molar-refractivity contribution in [3.8, 4) is 6.07 Å². The topological polar surface area (TPSA) is 41.6 Å². The average Bonchev–Trinajstić information content (AvgIpc) is 2.60. The smallest absolute Gasteiger partial charge is 0.286 e. The van der Waals surface area contributed by atoms with E-state index in [1.54, 1.807) is 24.0 Å². The predicted molar refractivity (Wildman–Crippen MR) is 54.8 cm³/mol. The van der Waals surface area contributed by atoms with Crippen LogP contribution in [0.25, 0.3) is 11.0 Å². The van der Waals surface area contributed by atoms with E-state index in [2.05, 4.69) is 4.98 Å². The van der Waals surface area contributed by atoms with Crippen molar-refractivity contribution in [1.82, 2.24) is 9.55 Å². The Morgan fingerprint density at radius 3 is 2.94 bits per heavy atom. The van der Waals surface area contributed by atoms with Gasteiger partial charge in [-0.15, -0.1) is 0 Å². The number of imidazole rings is 1. The molecule has 0 aliphatic heterocycles. The summed E-state index contributed by atoms with van der Waals surface area (Å²) in [5, 5.41) is 8.33. The molecule has 2 rings (SSSR count). The van der Waals surface area contributed by atoms with Crippen LogP contribution in [0.2, 0.25) is 0 Å². The third kappa shape index (κ3) is 1.63. The van der Waals surface area contributed by atoms with Crippen molar-refractivity contribution in [1.29, 1.82) is 5.26 Å². The fourth-order valence-corrected chi connectivity index (χ4v) is 1.56. The van der Waals surface area contributed by atoms with Crippen molar-refractivity contribution < 1.29 is 8.78 Å². The van der Waals surface area contributed by atoms with Gasteiger partial charge < -0.3 is 4.57 Å². The third-order valence-corrected chi connectivity index (χ3v) is 2.45. The summed E-state index contributed by atoms with van der Waals surface area (Å²) in [6, 6.07) is 5.73. The summed E-state index contributed by atoms with van der Waals surface area (Å²) in [5.41, 5.74) is 1.13. The fraction of sp³-hybridized carbons (Fsp3) is 0.273. The van der Waals surface area contributed by atoms with E-state index >= 15 is 0 Å². The Balaban J connectivity index is 2.52. The summed E-state index contributed by atoms with van der Waals surface area (Å²) >= 11 is 0. The van der Waals surface area contributed by atoms with Gasteiger partial charge in [0, 0.05) is 12.6 Å². The van der Waals surface area contributed by atoms with E-state index in [9.17, 15) is 8.78 Å². The first-order valence-electron chi connectivity index (χ1n) is 4.71. The van der Waals surface area contributed by atoms with E-state index in [-0.39, 0.29) is 5.56 Å². The first-order valence-corrected chi connectivity index (χ1v) is 4.71. The molecule has 0 atom stereocenters. The van der Waals surface area contributed by atoms with Crippen molar-refractivity contribution in [2.24, 2.45) is 7.05 Å². The Labute approximate surface area is 90.9 Å². The molecule has 3 nitrogen and oxygen atoms in total. The second-order valence-corrected chi connectivity index (χ2v) is 3.60. The molecule has 0 fully saturated rings. The highest BCUT2D eigenvalue weighted by Crippen LogP contribution is 2.32. The zero-order valence-electron chi connectivity index (χ0n) is 8.61. The minimum Gasteiger partial charge on any atom is -0.334 e. The number of rotatable bonds is 2. The summed E-state index contributed by atoms with van der Waals surface area (Å²) in [6.07, 6.45) is 0.752. The van der Waals surface area contributed by atoms with Crippen LogP contribution in [0.3, 0.4) is 0 Å². The molecule has 0 saturated carbocycles. The van der Waals surface area contributed by atoms with E-state index in [1.165, 1.54) is 18.2 Å². The number of nitriles is 1. The van der Waals surface area contributed by atoms with Gasteiger partial charge in [-0.1, -0.05) is 6.07 Å². The van der Waals surface area contributed by atoms with Gasteiger partial charge in [0.05, 0.1) is 23.4 Å². The monoisotopic (exact) mass is 221 g/mol. The van der Waals surface area contributed by atoms with Crippen LogP contribution in [-0.2, 0) is 13.0 Å². The number of aryl methyl sites for hydroxylation is 1. The van der Waals surface area contributed by atoms with Gasteiger partial charge in [-0.05, 0) is 12.1 Å². The first-order chi connectivity index (χ1) is 7.54. The molecule has 0 saturated heterocycles. The summed E-state index contributed by atoms with van der Waals surface area (Å²) in [7, 11) is 1.79. The van der Waals surface area contributed by atoms with Crippen LogP contribution < -0.4 is 0 Å². The van der Waals surface area contributed by atoms with Gasteiger partial charge in [0.25, 0.3) is 5.92 Å². The van der Waals surface area contributed by atoms with Crippen LogP contribution in [0.4, 0.5) is 8.78 Å². The van der Waals surface area contributed by atoms with Gasteiger partial charge >= 0.3 is 0 Å². The number of fused-ring (bicyclic) bond motifs is 1. The van der Waals surface area contributed by atoms with Crippen LogP contribution >= 0.6 is 0 Å². The molecule has 0 unspecified atom stereocenters. The summed E-state index contributed by atoms with van der Waals surface area (Å²) in [5.74, 6) is -3.11. The molecule has 0 radical (unpaired) electrons. The number of nitrogens with zero attached hydrogens (tertiary/aromatic N) is 3. The standard InChI is InChI=1S/C11H9F2N3/c1-16-7-15-9-6-8(2-3-10(9)16)11(12,13)4-5-14/h2-3,6-7H,4H2,1H3. The number of halogens is 2. The summed E-state index contributed by atoms with van der Waals surface area (Å²) in [6.45, 7) is 0. The number of hydrogen-bond acceptors (Lipinski definition) is 2. The molecule has 0 spiro atoms. The molecule has 1 aromatic carbocycles. The molecule has 1 heterocycles. The van der Waals surface area contributed by atoms with E-state index in [4.69, 9.17) is 5.26 Å². The van der Waals surface area contributed by atoms with Gasteiger partial charge in [0.1, 0.15) is 6.42 Å². The molecule has 0 N–H and O–H groups in total. The zero-order valence-corrected chi connectivity index (χ0v) is 8.61. The largest absolute Gasteiger partial charge is 0.334 e. The Bertz CT molecular complexity index is 566. The molecule has 82 valence electrons. The summed E-state index contributed by atoms with van der Waals surface area (Å²) in [4.78, 5) is 4.00. The van der Waals surface area contributed by atoms with Gasteiger partial charge in [0.2, 0.25) is 0 Å². The fourth-order valence-electron chi connectivity index (χ4n) is 1.56. The lowest BCUT2D eigenvalue weighted by Crippen LogP contribution is -2.11. The number of alkyl halides is 2. The van der Waals surface area contributed by atoms with Gasteiger partial charge in [-0.2, -0.15) is 5.26 Å². The van der Waals surface area contributed by atoms with Crippen molar-refractivity contribution >= 4 is 11.0 Å². The number of benzene rings is 1. The van der Waals surface area contributed by atoms with Crippen LogP contribution in [0.5, 0.6) is 0 Å². The van der Waals surface area contributed by atoms with Crippen molar-refractivity contribution in [2.45, 2.75) is 12.3 Å². The molecule has 16 heavy (non-hydrogen) atoms. The van der Waals surface area contributed by atoms with E-state index in [0.717, 1.165) is 5.52 Å². The molecule has 1 aromatic heterocycles. The minimum absolute atomic E-state index is 0.166. The zero-order chi connectivity index (χ0) is 11.8. The molecule has 5 heteroatoms. The summed E-state index contributed by atoms with van der Waals surface area (Å²) < 4.78 is 28.6. The van der Waals surface area contributed by atoms with Crippen LogP contribution in [0.1, 0.15) is 12.0 Å². The quantitative estimate of drug-likeness (QED) is 0.782. The number of aromatic nitrogens is 2. The Hall–Kier alpha value is -1.96. The average molecular weight is 221 g/mol. The molecule has 0 aliphatic carbocycles. The molecular formula is C11H9F2N3. The Morgan fingerprint density at radius 1 is 1.50 bits per heavy atom. The van der Waals surface area contributed by atoms with Gasteiger partial charge in [-0.25, -0.2) is 13.8 Å². The van der Waals surface area contributed by atoms with Crippen LogP contribution in [0, 0.1) is 11.3 Å². The SMILES string of the molecule is Cn1cnc2cc(C(F)(F)CC#N)ccc21. The highest BCUT2D eigenvalue weighted by atomic mass is 19.3. The molecular weight excluding hydrogens is 212 g/mol. The lowest BCUT2D eigenvalue weighted by atomic mass is 10.1. The highest BCUT2D eigenvalue weighted by molar-refractivity contribution is 5.76. The van der Waals surface area contributed by atoms with E-state index in [1.807, 2.05) is 0 Å². The third-order valence-electron chi connectivity index (χ3n) is 2.45. The lowest BCUT2D eigenvalue weighted by molar-refractivity contribution is 0.00107. The van der Waals surface area contributed by atoms with Crippen molar-refractivity contribution in [3.05, 3.63) is 30.1 Å².